The van der Waals surface area contributed by atoms with Gasteiger partial charge in [-0.1, -0.05) is 0 Å². The van der Waals surface area contributed by atoms with Crippen LogP contribution in [0.5, 0.6) is 0 Å². The topological polar surface area (TPSA) is 29.5 Å². The Morgan fingerprint density at radius 1 is 1.64 bits per heavy atom. The Balaban J connectivity index is 2.13. The maximum Gasteiger partial charge on any atom is 0.123 e. The van der Waals surface area contributed by atoms with Gasteiger partial charge in [-0.2, -0.15) is 0 Å². The highest BCUT2D eigenvalue weighted by atomic mass is 19.1. The third kappa shape index (κ3) is 3.16. The van der Waals surface area contributed by atoms with Gasteiger partial charge >= 0.3 is 0 Å². The Morgan fingerprint density at radius 3 is 3.00 bits per heavy atom. The molecule has 11 heavy (non-hydrogen) atoms. The standard InChI is InChI=1S/C8H15FO2/c9-8(5-10)4-7-2-1-3-11-6-7/h7-8,10H,1-6H2/t7-,8+/m1/s1. The molecule has 1 rings (SSSR count). The zero-order valence-corrected chi connectivity index (χ0v) is 6.63. The highest BCUT2D eigenvalue weighted by Gasteiger charge is 2.18. The number of aliphatic hydroxyl groups is 1. The van der Waals surface area contributed by atoms with Crippen LogP contribution in [0, 0.1) is 5.92 Å². The quantitative estimate of drug-likeness (QED) is 0.674. The second kappa shape index (κ2) is 4.67. The van der Waals surface area contributed by atoms with Gasteiger partial charge in [0.2, 0.25) is 0 Å². The van der Waals surface area contributed by atoms with E-state index in [1.54, 1.807) is 0 Å². The van der Waals surface area contributed by atoms with Gasteiger partial charge in [0.05, 0.1) is 6.61 Å². The molecule has 0 unspecified atom stereocenters. The van der Waals surface area contributed by atoms with Crippen LogP contribution >= 0.6 is 0 Å². The van der Waals surface area contributed by atoms with Crippen molar-refractivity contribution in [1.82, 2.24) is 0 Å². The maximum absolute atomic E-state index is 12.6. The fraction of sp³-hybridized carbons (Fsp3) is 1.00. The first-order valence-electron chi connectivity index (χ1n) is 4.15. The molecule has 1 fully saturated rings. The minimum atomic E-state index is -1.05. The summed E-state index contributed by atoms with van der Waals surface area (Å²) in [7, 11) is 0. The van der Waals surface area contributed by atoms with Crippen LogP contribution in [0.4, 0.5) is 4.39 Å². The van der Waals surface area contributed by atoms with E-state index in [0.29, 0.717) is 18.9 Å². The van der Waals surface area contributed by atoms with Gasteiger partial charge in [0, 0.05) is 13.2 Å². The minimum absolute atomic E-state index is 0.325. The monoisotopic (exact) mass is 162 g/mol. The van der Waals surface area contributed by atoms with Gasteiger partial charge < -0.3 is 9.84 Å². The summed E-state index contributed by atoms with van der Waals surface area (Å²) in [5.41, 5.74) is 0. The summed E-state index contributed by atoms with van der Waals surface area (Å²) < 4.78 is 17.8. The molecule has 2 nitrogen and oxygen atoms in total. The van der Waals surface area contributed by atoms with Crippen molar-refractivity contribution >= 4 is 0 Å². The molecule has 0 aromatic rings. The number of ether oxygens (including phenoxy) is 1. The van der Waals surface area contributed by atoms with Crippen LogP contribution in [0.25, 0.3) is 0 Å². The highest BCUT2D eigenvalue weighted by molar-refractivity contribution is 4.67. The summed E-state index contributed by atoms with van der Waals surface area (Å²) in [4.78, 5) is 0. The van der Waals surface area contributed by atoms with E-state index >= 15 is 0 Å². The molecule has 1 saturated heterocycles. The minimum Gasteiger partial charge on any atom is -0.393 e. The lowest BCUT2D eigenvalue weighted by molar-refractivity contribution is 0.0349. The average molecular weight is 162 g/mol. The van der Waals surface area contributed by atoms with E-state index in [1.165, 1.54) is 0 Å². The first-order chi connectivity index (χ1) is 5.33. The summed E-state index contributed by atoms with van der Waals surface area (Å²) in [5.74, 6) is 0.325. The van der Waals surface area contributed by atoms with Gasteiger partial charge in [-0.15, -0.1) is 0 Å². The number of alkyl halides is 1. The zero-order valence-electron chi connectivity index (χ0n) is 6.63. The summed E-state index contributed by atoms with van der Waals surface area (Å²) in [5, 5.41) is 8.45. The molecule has 1 N–H and O–H groups in total. The van der Waals surface area contributed by atoms with Crippen molar-refractivity contribution in [2.24, 2.45) is 5.92 Å². The molecular formula is C8H15FO2. The van der Waals surface area contributed by atoms with E-state index in [1.807, 2.05) is 0 Å². The molecule has 0 aliphatic carbocycles. The van der Waals surface area contributed by atoms with Gasteiger partial charge in [0.25, 0.3) is 0 Å². The number of hydrogen-bond acceptors (Lipinski definition) is 2. The van der Waals surface area contributed by atoms with Gasteiger partial charge in [-0.05, 0) is 25.2 Å². The van der Waals surface area contributed by atoms with Crippen LogP contribution in [0.1, 0.15) is 19.3 Å². The van der Waals surface area contributed by atoms with Gasteiger partial charge in [0.15, 0.2) is 0 Å². The van der Waals surface area contributed by atoms with Gasteiger partial charge in [0.1, 0.15) is 6.17 Å². The Hall–Kier alpha value is -0.150. The summed E-state index contributed by atoms with van der Waals surface area (Å²) >= 11 is 0. The molecule has 0 aromatic carbocycles. The zero-order chi connectivity index (χ0) is 8.10. The third-order valence-corrected chi connectivity index (χ3v) is 2.04. The van der Waals surface area contributed by atoms with Crippen LogP contribution in [0.3, 0.4) is 0 Å². The number of hydrogen-bond donors (Lipinski definition) is 1. The fourth-order valence-corrected chi connectivity index (χ4v) is 1.43. The van der Waals surface area contributed by atoms with Crippen LogP contribution in [0.2, 0.25) is 0 Å². The lowest BCUT2D eigenvalue weighted by Crippen LogP contribution is -2.22. The highest BCUT2D eigenvalue weighted by Crippen LogP contribution is 2.19. The molecular weight excluding hydrogens is 147 g/mol. The van der Waals surface area contributed by atoms with Crippen LogP contribution in [-0.2, 0) is 4.74 Å². The lowest BCUT2D eigenvalue weighted by Gasteiger charge is -2.22. The van der Waals surface area contributed by atoms with E-state index in [9.17, 15) is 4.39 Å². The Labute approximate surface area is 66.4 Å². The number of rotatable bonds is 3. The number of halogens is 1. The van der Waals surface area contributed by atoms with Crippen LogP contribution < -0.4 is 0 Å². The van der Waals surface area contributed by atoms with Crippen molar-refractivity contribution in [3.63, 3.8) is 0 Å². The SMILES string of the molecule is OC[C@@H](F)C[C@H]1CCCOC1. The van der Waals surface area contributed by atoms with Crippen molar-refractivity contribution in [2.45, 2.75) is 25.4 Å². The van der Waals surface area contributed by atoms with Crippen molar-refractivity contribution in [2.75, 3.05) is 19.8 Å². The summed E-state index contributed by atoms with van der Waals surface area (Å²) in [6, 6.07) is 0. The van der Waals surface area contributed by atoms with E-state index in [0.717, 1.165) is 19.4 Å². The molecule has 3 heteroatoms. The molecule has 2 atom stereocenters. The van der Waals surface area contributed by atoms with Crippen molar-refractivity contribution in [3.05, 3.63) is 0 Å². The normalized spacial score (nSPS) is 28.4. The second-order valence-electron chi connectivity index (χ2n) is 3.10. The predicted molar refractivity (Wildman–Crippen MR) is 40.1 cm³/mol. The van der Waals surface area contributed by atoms with Crippen LogP contribution in [0.15, 0.2) is 0 Å². The van der Waals surface area contributed by atoms with Crippen molar-refractivity contribution < 1.29 is 14.2 Å². The van der Waals surface area contributed by atoms with E-state index < -0.39 is 6.17 Å². The summed E-state index contributed by atoms with van der Waals surface area (Å²) in [6.45, 7) is 1.13. The van der Waals surface area contributed by atoms with E-state index in [-0.39, 0.29) is 6.61 Å². The molecule has 0 amide bonds. The Morgan fingerprint density at radius 2 is 2.45 bits per heavy atom. The molecule has 1 heterocycles. The molecule has 1 aliphatic heterocycles. The molecule has 0 bridgehead atoms. The fourth-order valence-electron chi connectivity index (χ4n) is 1.43. The Kier molecular flexibility index (Phi) is 3.80. The second-order valence-corrected chi connectivity index (χ2v) is 3.10. The lowest BCUT2D eigenvalue weighted by atomic mass is 9.96. The molecule has 0 saturated carbocycles. The maximum atomic E-state index is 12.6. The average Bonchev–Trinajstić information content (AvgIpc) is 2.06. The van der Waals surface area contributed by atoms with Gasteiger partial charge in [-0.25, -0.2) is 4.39 Å². The van der Waals surface area contributed by atoms with E-state index in [4.69, 9.17) is 9.84 Å². The summed E-state index contributed by atoms with van der Waals surface area (Å²) in [6.07, 6.45) is 1.47. The van der Waals surface area contributed by atoms with Gasteiger partial charge in [-0.3, -0.25) is 0 Å². The Bertz CT molecular complexity index is 102. The molecule has 1 aliphatic rings. The molecule has 0 radical (unpaired) electrons. The molecule has 0 aromatic heterocycles. The van der Waals surface area contributed by atoms with Crippen molar-refractivity contribution in [1.29, 1.82) is 0 Å². The molecule has 66 valence electrons. The number of aliphatic hydroxyl groups excluding tert-OH is 1. The first kappa shape index (κ1) is 8.94. The molecule has 0 spiro atoms. The van der Waals surface area contributed by atoms with Crippen LogP contribution in [-0.4, -0.2) is 31.1 Å². The van der Waals surface area contributed by atoms with E-state index in [2.05, 4.69) is 0 Å². The third-order valence-electron chi connectivity index (χ3n) is 2.04. The first-order valence-corrected chi connectivity index (χ1v) is 4.15. The smallest absolute Gasteiger partial charge is 0.123 e. The largest absolute Gasteiger partial charge is 0.393 e. The van der Waals surface area contributed by atoms with Crippen molar-refractivity contribution in [3.8, 4) is 0 Å². The predicted octanol–water partition coefficient (Wildman–Crippen LogP) is 1.13.